The van der Waals surface area contributed by atoms with Crippen molar-refractivity contribution in [1.29, 1.82) is 0 Å². The van der Waals surface area contributed by atoms with Crippen LogP contribution in [-0.2, 0) is 9.59 Å². The number of ether oxygens (including phenoxy) is 1. The van der Waals surface area contributed by atoms with Crippen LogP contribution >= 0.6 is 0 Å². The highest BCUT2D eigenvalue weighted by Crippen LogP contribution is 2.33. The second-order valence-corrected chi connectivity index (χ2v) is 7.96. The van der Waals surface area contributed by atoms with Gasteiger partial charge in [0, 0.05) is 32.3 Å². The molecule has 34 heavy (non-hydrogen) atoms. The number of anilines is 1. The maximum atomic E-state index is 13.2. The molecule has 2 aromatic rings. The minimum Gasteiger partial charge on any atom is -0.478 e. The summed E-state index contributed by atoms with van der Waals surface area (Å²) in [6, 6.07) is 6.82. The maximum absolute atomic E-state index is 13.2. The van der Waals surface area contributed by atoms with Gasteiger partial charge in [0.05, 0.1) is 29.0 Å². The molecule has 1 aromatic carbocycles. The number of pyridine rings is 1. The molecule has 176 valence electrons. The van der Waals surface area contributed by atoms with Crippen molar-refractivity contribution < 1.29 is 33.8 Å². The topological polar surface area (TPSA) is 146 Å². The summed E-state index contributed by atoms with van der Waals surface area (Å²) in [6.45, 7) is 0.789. The van der Waals surface area contributed by atoms with Crippen LogP contribution in [0.4, 0.5) is 5.69 Å². The van der Waals surface area contributed by atoms with E-state index >= 15 is 0 Å². The van der Waals surface area contributed by atoms with Crippen molar-refractivity contribution in [2.24, 2.45) is 0 Å². The van der Waals surface area contributed by atoms with Crippen molar-refractivity contribution in [3.63, 3.8) is 0 Å². The summed E-state index contributed by atoms with van der Waals surface area (Å²) >= 11 is 0. The molecule has 1 fully saturated rings. The van der Waals surface area contributed by atoms with Gasteiger partial charge in [-0.15, -0.1) is 0 Å². The van der Waals surface area contributed by atoms with Gasteiger partial charge in [-0.1, -0.05) is 6.07 Å². The van der Waals surface area contributed by atoms with Crippen molar-refractivity contribution in [3.8, 4) is 5.88 Å². The van der Waals surface area contributed by atoms with E-state index in [1.807, 2.05) is 4.90 Å². The van der Waals surface area contributed by atoms with Crippen molar-refractivity contribution in [1.82, 2.24) is 15.2 Å². The second-order valence-electron chi connectivity index (χ2n) is 7.96. The second kappa shape index (κ2) is 9.30. The summed E-state index contributed by atoms with van der Waals surface area (Å²) in [6.07, 6.45) is 1.93. The first-order valence-corrected chi connectivity index (χ1v) is 10.7. The minimum atomic E-state index is -1.07. The number of rotatable bonds is 8. The number of piperidine rings is 1. The van der Waals surface area contributed by atoms with Crippen LogP contribution in [-0.4, -0.2) is 70.8 Å². The molecule has 11 nitrogen and oxygen atoms in total. The Bertz CT molecular complexity index is 1180. The van der Waals surface area contributed by atoms with Crippen LogP contribution in [0, 0.1) is 0 Å². The summed E-state index contributed by atoms with van der Waals surface area (Å²) in [5.74, 6) is -2.95. The van der Waals surface area contributed by atoms with Gasteiger partial charge in [-0.3, -0.25) is 29.4 Å². The van der Waals surface area contributed by atoms with E-state index in [1.54, 1.807) is 25.2 Å². The fraction of sp³-hybridized carbons (Fsp3) is 0.304. The molecule has 1 saturated heterocycles. The number of hydrogen-bond acceptors (Lipinski definition) is 8. The lowest BCUT2D eigenvalue weighted by molar-refractivity contribution is -0.136. The van der Waals surface area contributed by atoms with Gasteiger partial charge in [0.2, 0.25) is 17.7 Å². The third-order valence-corrected chi connectivity index (χ3v) is 5.73. The Morgan fingerprint density at radius 1 is 1.21 bits per heavy atom. The number of carboxylic acid groups (broad SMARTS) is 1. The average molecular weight is 466 g/mol. The zero-order valence-electron chi connectivity index (χ0n) is 18.3. The van der Waals surface area contributed by atoms with E-state index in [0.29, 0.717) is 31.1 Å². The van der Waals surface area contributed by atoms with Crippen LogP contribution in [0.15, 0.2) is 36.5 Å². The SMILES string of the molecule is CN(CCCOc1ccc(C(=O)O)cn1)c1cccc2c1C(=O)N(C1CCC(=O)NC1=O)C2=O. The van der Waals surface area contributed by atoms with E-state index in [4.69, 9.17) is 9.84 Å². The Morgan fingerprint density at radius 2 is 2.00 bits per heavy atom. The first kappa shape index (κ1) is 22.9. The van der Waals surface area contributed by atoms with Crippen LogP contribution in [0.1, 0.15) is 50.3 Å². The predicted molar refractivity (Wildman–Crippen MR) is 118 cm³/mol. The van der Waals surface area contributed by atoms with Crippen LogP contribution in [0.5, 0.6) is 5.88 Å². The first-order valence-electron chi connectivity index (χ1n) is 10.7. The summed E-state index contributed by atoms with van der Waals surface area (Å²) in [4.78, 5) is 67.4. The van der Waals surface area contributed by atoms with Gasteiger partial charge in [0.15, 0.2) is 0 Å². The molecule has 1 unspecified atom stereocenters. The molecule has 2 aliphatic heterocycles. The summed E-state index contributed by atoms with van der Waals surface area (Å²) in [7, 11) is 1.78. The standard InChI is InChI=1S/C23H22N4O7/c1-26(10-3-11-34-18-9-6-13(12-24-18)23(32)33)15-5-2-4-14-19(15)22(31)27(21(14)30)16-7-8-17(28)25-20(16)29/h2,4-6,9,12,16H,3,7-8,10-11H2,1H3,(H,32,33)(H,25,28,29). The summed E-state index contributed by atoms with van der Waals surface area (Å²) < 4.78 is 5.54. The van der Waals surface area contributed by atoms with Gasteiger partial charge in [0.1, 0.15) is 6.04 Å². The maximum Gasteiger partial charge on any atom is 0.337 e. The zero-order valence-corrected chi connectivity index (χ0v) is 18.3. The molecule has 0 spiro atoms. The quantitative estimate of drug-likeness (QED) is 0.431. The zero-order chi connectivity index (χ0) is 24.4. The van der Waals surface area contributed by atoms with Gasteiger partial charge in [-0.05, 0) is 31.0 Å². The van der Waals surface area contributed by atoms with E-state index in [9.17, 15) is 24.0 Å². The molecule has 3 heterocycles. The average Bonchev–Trinajstić information content (AvgIpc) is 3.07. The summed E-state index contributed by atoms with van der Waals surface area (Å²) in [5, 5.41) is 11.1. The number of amides is 4. The summed E-state index contributed by atoms with van der Waals surface area (Å²) in [5.41, 5.74) is 1.06. The van der Waals surface area contributed by atoms with Crippen LogP contribution in [0.25, 0.3) is 0 Å². The Balaban J connectivity index is 1.41. The van der Waals surface area contributed by atoms with Gasteiger partial charge >= 0.3 is 5.97 Å². The fourth-order valence-corrected chi connectivity index (χ4v) is 4.01. The molecule has 2 N–H and O–H groups in total. The van der Waals surface area contributed by atoms with Crippen LogP contribution in [0.3, 0.4) is 0 Å². The third kappa shape index (κ3) is 4.32. The van der Waals surface area contributed by atoms with Gasteiger partial charge in [-0.2, -0.15) is 0 Å². The lowest BCUT2D eigenvalue weighted by Gasteiger charge is -2.28. The molecule has 4 amide bonds. The van der Waals surface area contributed by atoms with Crippen LogP contribution in [0.2, 0.25) is 0 Å². The Hall–Kier alpha value is -4.28. The molecule has 0 bridgehead atoms. The largest absolute Gasteiger partial charge is 0.478 e. The highest BCUT2D eigenvalue weighted by atomic mass is 16.5. The minimum absolute atomic E-state index is 0.0600. The van der Waals surface area contributed by atoms with Crippen molar-refractivity contribution in [3.05, 3.63) is 53.2 Å². The Morgan fingerprint density at radius 3 is 2.68 bits per heavy atom. The van der Waals surface area contributed by atoms with E-state index < -0.39 is 35.6 Å². The number of benzene rings is 1. The molecule has 1 aromatic heterocycles. The lowest BCUT2D eigenvalue weighted by Crippen LogP contribution is -2.54. The number of imide groups is 2. The molecule has 1 atom stereocenters. The molecule has 0 radical (unpaired) electrons. The van der Waals surface area contributed by atoms with Gasteiger partial charge in [0.25, 0.3) is 11.8 Å². The Labute approximate surface area is 194 Å². The van der Waals surface area contributed by atoms with Crippen molar-refractivity contribution in [2.45, 2.75) is 25.3 Å². The van der Waals surface area contributed by atoms with Crippen molar-refractivity contribution >= 4 is 35.3 Å². The molecular weight excluding hydrogens is 444 g/mol. The molecule has 2 aliphatic rings. The third-order valence-electron chi connectivity index (χ3n) is 5.73. The van der Waals surface area contributed by atoms with E-state index in [2.05, 4.69) is 10.3 Å². The van der Waals surface area contributed by atoms with E-state index in [-0.39, 0.29) is 29.5 Å². The highest BCUT2D eigenvalue weighted by molar-refractivity contribution is 6.25. The fourth-order valence-electron chi connectivity index (χ4n) is 4.01. The molecule has 0 aliphatic carbocycles. The number of hydrogen-bond donors (Lipinski definition) is 2. The first-order chi connectivity index (χ1) is 16.3. The van der Waals surface area contributed by atoms with Gasteiger partial charge in [-0.25, -0.2) is 9.78 Å². The van der Waals surface area contributed by atoms with E-state index in [0.717, 1.165) is 4.90 Å². The highest BCUT2D eigenvalue weighted by Gasteiger charge is 2.45. The smallest absolute Gasteiger partial charge is 0.337 e. The number of aromatic carboxylic acids is 1. The number of carbonyl (C=O) groups excluding carboxylic acids is 4. The number of nitrogens with one attached hydrogen (secondary N) is 1. The molecule has 11 heteroatoms. The Kier molecular flexibility index (Phi) is 6.26. The van der Waals surface area contributed by atoms with Crippen LogP contribution < -0.4 is 15.0 Å². The molecule has 4 rings (SSSR count). The lowest BCUT2D eigenvalue weighted by atomic mass is 10.0. The number of aromatic nitrogens is 1. The molecular formula is C23H22N4O7. The number of fused-ring (bicyclic) bond motifs is 1. The number of nitrogens with zero attached hydrogens (tertiary/aromatic N) is 3. The predicted octanol–water partition coefficient (Wildman–Crippen LogP) is 1.09. The van der Waals surface area contributed by atoms with E-state index in [1.165, 1.54) is 18.3 Å². The molecule has 0 saturated carbocycles. The van der Waals surface area contributed by atoms with Gasteiger partial charge < -0.3 is 14.7 Å². The number of carbonyl (C=O) groups is 5. The number of carboxylic acids is 1. The monoisotopic (exact) mass is 466 g/mol. The normalized spacial score (nSPS) is 17.4. The van der Waals surface area contributed by atoms with Crippen molar-refractivity contribution in [2.75, 3.05) is 25.1 Å².